The van der Waals surface area contributed by atoms with Crippen molar-refractivity contribution in [2.24, 2.45) is 0 Å². The highest BCUT2D eigenvalue weighted by atomic mass is 79.9. The Kier molecular flexibility index (Phi) is 4.43. The number of nitrogens with zero attached hydrogens (tertiary/aromatic N) is 1. The van der Waals surface area contributed by atoms with Crippen molar-refractivity contribution in [1.29, 1.82) is 0 Å². The van der Waals surface area contributed by atoms with Crippen LogP contribution in [0.5, 0.6) is 0 Å². The summed E-state index contributed by atoms with van der Waals surface area (Å²) < 4.78 is 14.5. The normalized spacial score (nSPS) is 14.2. The van der Waals surface area contributed by atoms with E-state index in [1.165, 1.54) is 18.2 Å². The maximum Gasteiger partial charge on any atom is 0.258 e. The fourth-order valence-electron chi connectivity index (χ4n) is 2.58. The Morgan fingerprint density at radius 1 is 1.22 bits per heavy atom. The van der Waals surface area contributed by atoms with Crippen LogP contribution in [-0.2, 0) is 4.79 Å². The SMILES string of the molecule is O=C(Nc1ccccc1N1CCCC1=O)c1cc(Br)ccc1F. The van der Waals surface area contributed by atoms with Gasteiger partial charge in [-0.2, -0.15) is 0 Å². The number of para-hydroxylation sites is 2. The first kappa shape index (κ1) is 15.7. The van der Waals surface area contributed by atoms with Crippen LogP contribution in [0, 0.1) is 5.82 Å². The molecule has 2 aromatic rings. The Morgan fingerprint density at radius 2 is 2.00 bits per heavy atom. The molecule has 1 N–H and O–H groups in total. The molecule has 0 radical (unpaired) electrons. The van der Waals surface area contributed by atoms with Crippen LogP contribution in [0.2, 0.25) is 0 Å². The second-order valence-corrected chi connectivity index (χ2v) is 6.16. The quantitative estimate of drug-likeness (QED) is 0.880. The van der Waals surface area contributed by atoms with Crippen LogP contribution >= 0.6 is 15.9 Å². The summed E-state index contributed by atoms with van der Waals surface area (Å²) >= 11 is 3.23. The molecule has 0 spiro atoms. The lowest BCUT2D eigenvalue weighted by atomic mass is 10.2. The van der Waals surface area contributed by atoms with Gasteiger partial charge in [-0.25, -0.2) is 4.39 Å². The van der Waals surface area contributed by atoms with Crippen LogP contribution in [0.4, 0.5) is 15.8 Å². The van der Waals surface area contributed by atoms with E-state index in [1.807, 2.05) is 0 Å². The fourth-order valence-corrected chi connectivity index (χ4v) is 2.94. The maximum atomic E-state index is 13.8. The molecule has 0 aliphatic carbocycles. The topological polar surface area (TPSA) is 49.4 Å². The Morgan fingerprint density at radius 3 is 2.74 bits per heavy atom. The second-order valence-electron chi connectivity index (χ2n) is 5.24. The van der Waals surface area contributed by atoms with Crippen LogP contribution in [0.3, 0.4) is 0 Å². The lowest BCUT2D eigenvalue weighted by Gasteiger charge is -2.20. The summed E-state index contributed by atoms with van der Waals surface area (Å²) in [5, 5.41) is 2.70. The highest BCUT2D eigenvalue weighted by molar-refractivity contribution is 9.10. The van der Waals surface area contributed by atoms with Crippen LogP contribution in [0.25, 0.3) is 0 Å². The summed E-state index contributed by atoms with van der Waals surface area (Å²) in [6.45, 7) is 0.622. The van der Waals surface area contributed by atoms with Gasteiger partial charge in [0, 0.05) is 17.4 Å². The number of amides is 2. The molecule has 0 unspecified atom stereocenters. The number of anilines is 2. The number of nitrogens with one attached hydrogen (secondary N) is 1. The minimum absolute atomic E-state index is 0.0281. The molecular formula is C17H14BrFN2O2. The third kappa shape index (κ3) is 3.27. The van der Waals surface area contributed by atoms with E-state index in [2.05, 4.69) is 21.2 Å². The number of benzene rings is 2. The van der Waals surface area contributed by atoms with E-state index in [1.54, 1.807) is 29.2 Å². The summed E-state index contributed by atoms with van der Waals surface area (Å²) in [6, 6.07) is 11.2. The van der Waals surface area contributed by atoms with E-state index in [9.17, 15) is 14.0 Å². The van der Waals surface area contributed by atoms with Crippen LogP contribution < -0.4 is 10.2 Å². The van der Waals surface area contributed by atoms with Crippen LogP contribution in [-0.4, -0.2) is 18.4 Å². The molecule has 0 aromatic heterocycles. The molecule has 0 saturated carbocycles. The zero-order valence-corrected chi connectivity index (χ0v) is 13.8. The minimum Gasteiger partial charge on any atom is -0.320 e. The van der Waals surface area contributed by atoms with Crippen LogP contribution in [0.15, 0.2) is 46.9 Å². The Hall–Kier alpha value is -2.21. The first-order valence-electron chi connectivity index (χ1n) is 7.22. The summed E-state index contributed by atoms with van der Waals surface area (Å²) in [6.07, 6.45) is 1.30. The number of hydrogen-bond donors (Lipinski definition) is 1. The summed E-state index contributed by atoms with van der Waals surface area (Å²) in [5.74, 6) is -1.12. The molecular weight excluding hydrogens is 363 g/mol. The molecule has 1 heterocycles. The average molecular weight is 377 g/mol. The predicted octanol–water partition coefficient (Wildman–Crippen LogP) is 3.97. The van der Waals surface area contributed by atoms with E-state index in [-0.39, 0.29) is 11.5 Å². The van der Waals surface area contributed by atoms with Gasteiger partial charge in [-0.05, 0) is 36.8 Å². The Bertz CT molecular complexity index is 779. The molecule has 0 bridgehead atoms. The molecule has 1 aliphatic rings. The van der Waals surface area contributed by atoms with E-state index in [4.69, 9.17) is 0 Å². The average Bonchev–Trinajstić information content (AvgIpc) is 2.96. The van der Waals surface area contributed by atoms with E-state index < -0.39 is 11.7 Å². The molecule has 0 atom stereocenters. The third-order valence-electron chi connectivity index (χ3n) is 3.69. The monoisotopic (exact) mass is 376 g/mol. The smallest absolute Gasteiger partial charge is 0.258 e. The van der Waals surface area contributed by atoms with Crippen molar-refractivity contribution in [3.63, 3.8) is 0 Å². The van der Waals surface area contributed by atoms with Gasteiger partial charge < -0.3 is 10.2 Å². The van der Waals surface area contributed by atoms with E-state index in [0.717, 1.165) is 6.42 Å². The van der Waals surface area contributed by atoms with E-state index in [0.29, 0.717) is 28.8 Å². The first-order chi connectivity index (χ1) is 11.1. The number of hydrogen-bond acceptors (Lipinski definition) is 2. The maximum absolute atomic E-state index is 13.8. The van der Waals surface area contributed by atoms with Crippen molar-refractivity contribution < 1.29 is 14.0 Å². The molecule has 4 nitrogen and oxygen atoms in total. The van der Waals surface area contributed by atoms with Gasteiger partial charge in [0.1, 0.15) is 5.82 Å². The summed E-state index contributed by atoms with van der Waals surface area (Å²) in [4.78, 5) is 25.9. The Balaban J connectivity index is 1.90. The van der Waals surface area contributed by atoms with Crippen molar-refractivity contribution in [3.8, 4) is 0 Å². The standard InChI is InChI=1S/C17H14BrFN2O2/c18-11-7-8-13(19)12(10-11)17(23)20-14-4-1-2-5-15(14)21-9-3-6-16(21)22/h1-2,4-5,7-8,10H,3,6,9H2,(H,20,23). The summed E-state index contributed by atoms with van der Waals surface area (Å²) in [7, 11) is 0. The van der Waals surface area contributed by atoms with Gasteiger partial charge in [0.2, 0.25) is 5.91 Å². The first-order valence-corrected chi connectivity index (χ1v) is 8.01. The highest BCUT2D eigenvalue weighted by Crippen LogP contribution is 2.30. The molecule has 3 rings (SSSR count). The predicted molar refractivity (Wildman–Crippen MR) is 90.1 cm³/mol. The minimum atomic E-state index is -0.597. The lowest BCUT2D eigenvalue weighted by Crippen LogP contribution is -2.25. The van der Waals surface area contributed by atoms with Gasteiger partial charge in [-0.3, -0.25) is 9.59 Å². The number of rotatable bonds is 3. The molecule has 1 aliphatic heterocycles. The molecule has 118 valence electrons. The van der Waals surface area contributed by atoms with Gasteiger partial charge in [-0.15, -0.1) is 0 Å². The zero-order valence-electron chi connectivity index (χ0n) is 12.2. The molecule has 6 heteroatoms. The number of carbonyl (C=O) groups is 2. The van der Waals surface area contributed by atoms with Gasteiger partial charge in [0.25, 0.3) is 5.91 Å². The summed E-state index contributed by atoms with van der Waals surface area (Å²) in [5.41, 5.74) is 1.08. The Labute approximate surface area is 141 Å². The highest BCUT2D eigenvalue weighted by Gasteiger charge is 2.24. The van der Waals surface area contributed by atoms with Gasteiger partial charge in [-0.1, -0.05) is 28.1 Å². The van der Waals surface area contributed by atoms with Crippen molar-refractivity contribution in [2.75, 3.05) is 16.8 Å². The molecule has 23 heavy (non-hydrogen) atoms. The molecule has 2 aromatic carbocycles. The largest absolute Gasteiger partial charge is 0.320 e. The van der Waals surface area contributed by atoms with Crippen molar-refractivity contribution in [3.05, 3.63) is 58.3 Å². The van der Waals surface area contributed by atoms with Crippen molar-refractivity contribution in [1.82, 2.24) is 0 Å². The third-order valence-corrected chi connectivity index (χ3v) is 4.18. The van der Waals surface area contributed by atoms with Gasteiger partial charge in [0.15, 0.2) is 0 Å². The zero-order chi connectivity index (χ0) is 16.4. The molecule has 2 amide bonds. The van der Waals surface area contributed by atoms with Crippen molar-refractivity contribution in [2.45, 2.75) is 12.8 Å². The van der Waals surface area contributed by atoms with E-state index >= 15 is 0 Å². The van der Waals surface area contributed by atoms with Gasteiger partial charge >= 0.3 is 0 Å². The lowest BCUT2D eigenvalue weighted by molar-refractivity contribution is -0.117. The number of carbonyl (C=O) groups excluding carboxylic acids is 2. The fraction of sp³-hybridized carbons (Fsp3) is 0.176. The van der Waals surface area contributed by atoms with Gasteiger partial charge in [0.05, 0.1) is 16.9 Å². The second kappa shape index (κ2) is 6.50. The molecule has 1 fully saturated rings. The number of halogens is 2. The van der Waals surface area contributed by atoms with Crippen molar-refractivity contribution >= 4 is 39.1 Å². The van der Waals surface area contributed by atoms with Crippen LogP contribution in [0.1, 0.15) is 23.2 Å². The molecule has 1 saturated heterocycles.